The third kappa shape index (κ3) is 4.54. The summed E-state index contributed by atoms with van der Waals surface area (Å²) >= 11 is 0. The number of benzene rings is 1. The maximum Gasteiger partial charge on any atom is 0.405 e. The van der Waals surface area contributed by atoms with Crippen molar-refractivity contribution in [3.63, 3.8) is 0 Å². The molecule has 0 radical (unpaired) electrons. The molecule has 0 unspecified atom stereocenters. The Labute approximate surface area is 126 Å². The Balaban J connectivity index is 2.09. The van der Waals surface area contributed by atoms with E-state index in [1.165, 1.54) is 11.0 Å². The summed E-state index contributed by atoms with van der Waals surface area (Å²) in [7, 11) is 0. The van der Waals surface area contributed by atoms with Gasteiger partial charge in [0.1, 0.15) is 12.3 Å². The lowest BCUT2D eigenvalue weighted by Crippen LogP contribution is -2.47. The molecule has 0 saturated heterocycles. The Morgan fingerprint density at radius 1 is 1.27 bits per heavy atom. The molecule has 122 valence electrons. The summed E-state index contributed by atoms with van der Waals surface area (Å²) in [5, 5.41) is 11.7. The van der Waals surface area contributed by atoms with Gasteiger partial charge in [0.2, 0.25) is 0 Å². The zero-order valence-corrected chi connectivity index (χ0v) is 12.1. The van der Waals surface area contributed by atoms with Gasteiger partial charge in [-0.3, -0.25) is 0 Å². The average Bonchev–Trinajstić information content (AvgIpc) is 2.97. The van der Waals surface area contributed by atoms with E-state index in [-0.39, 0.29) is 18.3 Å². The zero-order valence-electron chi connectivity index (χ0n) is 12.1. The molecule has 1 fully saturated rings. The number of rotatable bonds is 4. The molecule has 1 aliphatic carbocycles. The van der Waals surface area contributed by atoms with Crippen molar-refractivity contribution in [1.82, 2.24) is 10.2 Å². The second-order valence-corrected chi connectivity index (χ2v) is 5.47. The highest BCUT2D eigenvalue weighted by atomic mass is 19.4. The number of carbonyl (C=O) groups excluding carboxylic acids is 1. The fourth-order valence-electron chi connectivity index (χ4n) is 2.69. The highest BCUT2D eigenvalue weighted by Gasteiger charge is 2.32. The van der Waals surface area contributed by atoms with Crippen LogP contribution in [0, 0.1) is 0 Å². The standard InChI is InChI=1S/C15H19F3N2O2/c16-15(17,18)10-19-14(22)20(12-6-2-3-7-12)9-11-5-1-4-8-13(11)21/h1,4-5,8,12,21H,2-3,6-7,9-10H2,(H,19,22). The number of halogens is 3. The van der Waals surface area contributed by atoms with E-state index in [1.54, 1.807) is 18.2 Å². The lowest BCUT2D eigenvalue weighted by Gasteiger charge is -2.29. The molecule has 1 aromatic carbocycles. The summed E-state index contributed by atoms with van der Waals surface area (Å²) in [5.74, 6) is 0.0362. The molecule has 1 saturated carbocycles. The first-order valence-corrected chi connectivity index (χ1v) is 7.25. The molecule has 7 heteroatoms. The zero-order chi connectivity index (χ0) is 16.2. The van der Waals surface area contributed by atoms with Crippen molar-refractivity contribution in [2.75, 3.05) is 6.54 Å². The molecule has 2 rings (SSSR count). The van der Waals surface area contributed by atoms with Gasteiger partial charge in [0.15, 0.2) is 0 Å². The summed E-state index contributed by atoms with van der Waals surface area (Å²) in [6.45, 7) is -1.25. The van der Waals surface area contributed by atoms with Gasteiger partial charge in [0.25, 0.3) is 0 Å². The third-order valence-corrected chi connectivity index (χ3v) is 3.80. The maximum atomic E-state index is 12.3. The van der Waals surface area contributed by atoms with Gasteiger partial charge in [-0.15, -0.1) is 0 Å². The van der Waals surface area contributed by atoms with Gasteiger partial charge in [-0.1, -0.05) is 31.0 Å². The van der Waals surface area contributed by atoms with E-state index in [1.807, 2.05) is 5.32 Å². The van der Waals surface area contributed by atoms with Crippen molar-refractivity contribution in [3.8, 4) is 5.75 Å². The van der Waals surface area contributed by atoms with Gasteiger partial charge in [-0.25, -0.2) is 4.79 Å². The molecule has 0 bridgehead atoms. The fourth-order valence-corrected chi connectivity index (χ4v) is 2.69. The molecule has 22 heavy (non-hydrogen) atoms. The largest absolute Gasteiger partial charge is 0.508 e. The normalized spacial score (nSPS) is 15.8. The lowest BCUT2D eigenvalue weighted by molar-refractivity contribution is -0.123. The average molecular weight is 316 g/mol. The minimum absolute atomic E-state index is 0.0362. The topological polar surface area (TPSA) is 52.6 Å². The number of carbonyl (C=O) groups is 1. The molecule has 0 heterocycles. The summed E-state index contributed by atoms with van der Waals surface area (Å²) in [4.78, 5) is 13.5. The second kappa shape index (κ2) is 6.89. The van der Waals surface area contributed by atoms with Crippen LogP contribution >= 0.6 is 0 Å². The smallest absolute Gasteiger partial charge is 0.405 e. The number of alkyl halides is 3. The van der Waals surface area contributed by atoms with Crippen LogP contribution in [0.2, 0.25) is 0 Å². The molecular formula is C15H19F3N2O2. The summed E-state index contributed by atoms with van der Waals surface area (Å²) in [5.41, 5.74) is 0.525. The molecule has 0 spiro atoms. The van der Waals surface area contributed by atoms with E-state index in [2.05, 4.69) is 0 Å². The number of nitrogens with zero attached hydrogens (tertiary/aromatic N) is 1. The van der Waals surface area contributed by atoms with Gasteiger partial charge in [-0.05, 0) is 18.9 Å². The Bertz CT molecular complexity index is 514. The number of para-hydroxylation sites is 1. The van der Waals surface area contributed by atoms with E-state index in [0.29, 0.717) is 5.56 Å². The van der Waals surface area contributed by atoms with Crippen molar-refractivity contribution in [1.29, 1.82) is 0 Å². The van der Waals surface area contributed by atoms with Crippen LogP contribution < -0.4 is 5.32 Å². The first-order chi connectivity index (χ1) is 10.4. The summed E-state index contributed by atoms with van der Waals surface area (Å²) in [6.07, 6.45) is -0.991. The first kappa shape index (κ1) is 16.5. The van der Waals surface area contributed by atoms with E-state index in [4.69, 9.17) is 0 Å². The third-order valence-electron chi connectivity index (χ3n) is 3.80. The van der Waals surface area contributed by atoms with Crippen molar-refractivity contribution in [3.05, 3.63) is 29.8 Å². The van der Waals surface area contributed by atoms with Crippen LogP contribution in [0.1, 0.15) is 31.2 Å². The Hall–Kier alpha value is -1.92. The van der Waals surface area contributed by atoms with Crippen molar-refractivity contribution in [2.24, 2.45) is 0 Å². The number of nitrogens with one attached hydrogen (secondary N) is 1. The van der Waals surface area contributed by atoms with E-state index in [9.17, 15) is 23.1 Å². The molecule has 4 nitrogen and oxygen atoms in total. The molecule has 0 aromatic heterocycles. The number of amides is 2. The maximum absolute atomic E-state index is 12.3. The monoisotopic (exact) mass is 316 g/mol. The van der Waals surface area contributed by atoms with Crippen LogP contribution in [0.3, 0.4) is 0 Å². The van der Waals surface area contributed by atoms with Gasteiger partial charge in [-0.2, -0.15) is 13.2 Å². The van der Waals surface area contributed by atoms with Crippen molar-refractivity contribution < 1.29 is 23.1 Å². The number of urea groups is 1. The van der Waals surface area contributed by atoms with E-state index < -0.39 is 18.8 Å². The van der Waals surface area contributed by atoms with E-state index in [0.717, 1.165) is 25.7 Å². The van der Waals surface area contributed by atoms with Crippen LogP contribution in [-0.2, 0) is 6.54 Å². The minimum Gasteiger partial charge on any atom is -0.508 e. The lowest BCUT2D eigenvalue weighted by atomic mass is 10.1. The number of aromatic hydroxyl groups is 1. The van der Waals surface area contributed by atoms with E-state index >= 15 is 0 Å². The predicted molar refractivity (Wildman–Crippen MR) is 75.4 cm³/mol. The number of hydrogen-bond acceptors (Lipinski definition) is 2. The first-order valence-electron chi connectivity index (χ1n) is 7.25. The van der Waals surface area contributed by atoms with Gasteiger partial charge < -0.3 is 15.3 Å². The number of phenolic OH excluding ortho intramolecular Hbond substituents is 1. The molecular weight excluding hydrogens is 297 g/mol. The molecule has 0 aliphatic heterocycles. The summed E-state index contributed by atoms with van der Waals surface area (Å²) in [6, 6.07) is 5.70. The predicted octanol–water partition coefficient (Wildman–Crippen LogP) is 3.41. The van der Waals surface area contributed by atoms with Crippen LogP contribution in [0.5, 0.6) is 5.75 Å². The quantitative estimate of drug-likeness (QED) is 0.894. The number of phenols is 1. The Kier molecular flexibility index (Phi) is 5.15. The highest BCUT2D eigenvalue weighted by Crippen LogP contribution is 2.27. The second-order valence-electron chi connectivity index (χ2n) is 5.47. The van der Waals surface area contributed by atoms with Crippen molar-refractivity contribution >= 4 is 6.03 Å². The highest BCUT2D eigenvalue weighted by molar-refractivity contribution is 5.74. The Morgan fingerprint density at radius 3 is 2.50 bits per heavy atom. The molecule has 1 aliphatic rings. The molecule has 1 aromatic rings. The van der Waals surface area contributed by atoms with Crippen LogP contribution in [-0.4, -0.2) is 34.8 Å². The summed E-state index contributed by atoms with van der Waals surface area (Å²) < 4.78 is 36.8. The molecule has 0 atom stereocenters. The minimum atomic E-state index is -4.44. The molecule has 2 amide bonds. The van der Waals surface area contributed by atoms with Gasteiger partial charge >= 0.3 is 12.2 Å². The Morgan fingerprint density at radius 2 is 1.91 bits per heavy atom. The fraction of sp³-hybridized carbons (Fsp3) is 0.533. The van der Waals surface area contributed by atoms with Crippen LogP contribution in [0.25, 0.3) is 0 Å². The van der Waals surface area contributed by atoms with Crippen LogP contribution in [0.15, 0.2) is 24.3 Å². The van der Waals surface area contributed by atoms with Gasteiger partial charge in [0, 0.05) is 11.6 Å². The SMILES string of the molecule is O=C(NCC(F)(F)F)N(Cc1ccccc1O)C1CCCC1. The van der Waals surface area contributed by atoms with Crippen LogP contribution in [0.4, 0.5) is 18.0 Å². The van der Waals surface area contributed by atoms with Gasteiger partial charge in [0.05, 0.1) is 6.54 Å². The number of hydrogen-bond donors (Lipinski definition) is 2. The molecule has 2 N–H and O–H groups in total. The van der Waals surface area contributed by atoms with Crippen molar-refractivity contribution in [2.45, 2.75) is 44.4 Å².